The van der Waals surface area contributed by atoms with E-state index in [0.717, 1.165) is 19.4 Å². The molecule has 1 saturated heterocycles. The van der Waals surface area contributed by atoms with E-state index in [2.05, 4.69) is 5.32 Å². The molecular weight excluding hydrogens is 208 g/mol. The van der Waals surface area contributed by atoms with Crippen LogP contribution in [0, 0.1) is 18.6 Å². The molecule has 1 fully saturated rings. The van der Waals surface area contributed by atoms with Gasteiger partial charge < -0.3 is 5.32 Å². The predicted octanol–water partition coefficient (Wildman–Crippen LogP) is 3.04. The number of rotatable bonds is 2. The third kappa shape index (κ3) is 2.47. The van der Waals surface area contributed by atoms with Gasteiger partial charge in [0.2, 0.25) is 0 Å². The second kappa shape index (κ2) is 4.74. The largest absolute Gasteiger partial charge is 0.311 e. The Morgan fingerprint density at radius 1 is 1.31 bits per heavy atom. The Bertz CT molecular complexity index is 407. The first kappa shape index (κ1) is 11.3. The molecular formula is C13H15F2N. The molecule has 2 rings (SSSR count). The van der Waals surface area contributed by atoms with Crippen LogP contribution in [0.2, 0.25) is 0 Å². The van der Waals surface area contributed by atoms with Crippen LogP contribution in [0.1, 0.15) is 24.0 Å². The van der Waals surface area contributed by atoms with E-state index in [1.807, 2.05) is 6.08 Å². The lowest BCUT2D eigenvalue weighted by molar-refractivity contribution is 0.590. The fourth-order valence-corrected chi connectivity index (χ4v) is 1.88. The average molecular weight is 223 g/mol. The summed E-state index contributed by atoms with van der Waals surface area (Å²) in [6, 6.07) is 2.77. The van der Waals surface area contributed by atoms with Gasteiger partial charge in [-0.25, -0.2) is 8.78 Å². The Hall–Kier alpha value is -1.22. The van der Waals surface area contributed by atoms with Crippen molar-refractivity contribution in [2.45, 2.75) is 25.8 Å². The van der Waals surface area contributed by atoms with Gasteiger partial charge in [0, 0.05) is 11.6 Å². The van der Waals surface area contributed by atoms with Crippen molar-refractivity contribution in [2.24, 2.45) is 0 Å². The predicted molar refractivity (Wildman–Crippen MR) is 61.2 cm³/mol. The maximum Gasteiger partial charge on any atom is 0.130 e. The highest BCUT2D eigenvalue weighted by Gasteiger charge is 2.10. The highest BCUT2D eigenvalue weighted by molar-refractivity contribution is 5.51. The Morgan fingerprint density at radius 2 is 2.12 bits per heavy atom. The van der Waals surface area contributed by atoms with Gasteiger partial charge in [0.05, 0.1) is 0 Å². The van der Waals surface area contributed by atoms with Crippen LogP contribution in [0.5, 0.6) is 0 Å². The zero-order chi connectivity index (χ0) is 11.5. The molecule has 1 atom stereocenters. The lowest BCUT2D eigenvalue weighted by Crippen LogP contribution is -2.18. The van der Waals surface area contributed by atoms with E-state index in [4.69, 9.17) is 0 Å². The van der Waals surface area contributed by atoms with E-state index in [-0.39, 0.29) is 11.6 Å². The van der Waals surface area contributed by atoms with Gasteiger partial charge in [0.25, 0.3) is 0 Å². The molecule has 16 heavy (non-hydrogen) atoms. The van der Waals surface area contributed by atoms with Crippen molar-refractivity contribution >= 4 is 6.08 Å². The normalized spacial score (nSPS) is 20.8. The molecule has 1 aromatic carbocycles. The lowest BCUT2D eigenvalue weighted by atomic mass is 10.1. The minimum absolute atomic E-state index is 0.295. The highest BCUT2D eigenvalue weighted by atomic mass is 19.1. The summed E-state index contributed by atoms with van der Waals surface area (Å²) < 4.78 is 26.7. The fraction of sp³-hybridized carbons (Fsp3) is 0.385. The number of halogens is 2. The number of hydrogen-bond acceptors (Lipinski definition) is 1. The molecule has 1 unspecified atom stereocenters. The monoisotopic (exact) mass is 223 g/mol. The summed E-state index contributed by atoms with van der Waals surface area (Å²) >= 11 is 0. The van der Waals surface area contributed by atoms with Gasteiger partial charge in [-0.3, -0.25) is 0 Å². The van der Waals surface area contributed by atoms with Crippen LogP contribution >= 0.6 is 0 Å². The van der Waals surface area contributed by atoms with Crippen LogP contribution in [-0.4, -0.2) is 12.6 Å². The quantitative estimate of drug-likeness (QED) is 0.812. The third-order valence-electron chi connectivity index (χ3n) is 2.88. The van der Waals surface area contributed by atoms with E-state index in [1.165, 1.54) is 12.1 Å². The van der Waals surface area contributed by atoms with Crippen LogP contribution in [-0.2, 0) is 0 Å². The average Bonchev–Trinajstić information content (AvgIpc) is 2.74. The first-order valence-corrected chi connectivity index (χ1v) is 5.54. The molecule has 0 spiro atoms. The maximum atomic E-state index is 13.5. The molecule has 0 bridgehead atoms. The van der Waals surface area contributed by atoms with Crippen molar-refractivity contribution in [2.75, 3.05) is 6.54 Å². The van der Waals surface area contributed by atoms with E-state index in [1.54, 1.807) is 13.0 Å². The van der Waals surface area contributed by atoms with Crippen molar-refractivity contribution in [3.63, 3.8) is 0 Å². The molecule has 1 nitrogen and oxygen atoms in total. The fourth-order valence-electron chi connectivity index (χ4n) is 1.88. The van der Waals surface area contributed by atoms with Gasteiger partial charge in [0.15, 0.2) is 0 Å². The molecule has 3 heteroatoms. The van der Waals surface area contributed by atoms with Crippen LogP contribution in [0.3, 0.4) is 0 Å². The van der Waals surface area contributed by atoms with Crippen LogP contribution in [0.25, 0.3) is 6.08 Å². The van der Waals surface area contributed by atoms with E-state index >= 15 is 0 Å². The van der Waals surface area contributed by atoms with Gasteiger partial charge in [-0.15, -0.1) is 0 Å². The first-order valence-electron chi connectivity index (χ1n) is 5.54. The van der Waals surface area contributed by atoms with E-state index < -0.39 is 0 Å². The van der Waals surface area contributed by atoms with Crippen molar-refractivity contribution in [1.29, 1.82) is 0 Å². The topological polar surface area (TPSA) is 12.0 Å². The molecule has 1 N–H and O–H groups in total. The lowest BCUT2D eigenvalue weighted by Gasteiger charge is -2.04. The Balaban J connectivity index is 2.17. The molecule has 0 amide bonds. The first-order chi connectivity index (χ1) is 7.66. The minimum atomic E-state index is -0.367. The number of nitrogens with one attached hydrogen (secondary N) is 1. The summed E-state index contributed by atoms with van der Waals surface area (Å²) in [5.41, 5.74) is 0.658. The smallest absolute Gasteiger partial charge is 0.130 e. The van der Waals surface area contributed by atoms with Crippen molar-refractivity contribution in [1.82, 2.24) is 5.32 Å². The number of benzene rings is 1. The van der Waals surface area contributed by atoms with Gasteiger partial charge in [-0.2, -0.15) is 0 Å². The summed E-state index contributed by atoms with van der Waals surface area (Å²) in [7, 11) is 0. The van der Waals surface area contributed by atoms with Gasteiger partial charge >= 0.3 is 0 Å². The molecule has 1 aliphatic rings. The molecule has 0 radical (unpaired) electrons. The molecule has 0 aliphatic carbocycles. The van der Waals surface area contributed by atoms with E-state index in [0.29, 0.717) is 17.2 Å². The van der Waals surface area contributed by atoms with Crippen LogP contribution in [0.4, 0.5) is 8.78 Å². The highest BCUT2D eigenvalue weighted by Crippen LogP contribution is 2.16. The standard InChI is InChI=1S/C13H15F2N/c1-9-7-13(15)10(8-12(9)14)4-5-11-3-2-6-16-11/h4-5,7-8,11,16H,2-3,6H2,1H3/b5-4+. The Labute approximate surface area is 94.2 Å². The third-order valence-corrected chi connectivity index (χ3v) is 2.88. The molecule has 0 saturated carbocycles. The van der Waals surface area contributed by atoms with Crippen LogP contribution in [0.15, 0.2) is 18.2 Å². The van der Waals surface area contributed by atoms with Crippen molar-refractivity contribution in [3.05, 3.63) is 41.0 Å². The van der Waals surface area contributed by atoms with E-state index in [9.17, 15) is 8.78 Å². The van der Waals surface area contributed by atoms with Gasteiger partial charge in [-0.1, -0.05) is 12.2 Å². The number of hydrogen-bond donors (Lipinski definition) is 1. The molecule has 86 valence electrons. The summed E-state index contributed by atoms with van der Waals surface area (Å²) in [6.45, 7) is 2.56. The summed E-state index contributed by atoms with van der Waals surface area (Å²) in [4.78, 5) is 0. The van der Waals surface area contributed by atoms with Gasteiger partial charge in [0.1, 0.15) is 11.6 Å². The summed E-state index contributed by atoms with van der Waals surface area (Å²) in [5, 5.41) is 3.27. The van der Waals surface area contributed by atoms with Gasteiger partial charge in [-0.05, 0) is 44.0 Å². The Kier molecular flexibility index (Phi) is 3.34. The molecule has 1 heterocycles. The molecule has 0 aromatic heterocycles. The van der Waals surface area contributed by atoms with Crippen molar-refractivity contribution < 1.29 is 8.78 Å². The maximum absolute atomic E-state index is 13.5. The van der Waals surface area contributed by atoms with Crippen LogP contribution < -0.4 is 5.32 Å². The zero-order valence-electron chi connectivity index (χ0n) is 9.26. The number of aryl methyl sites for hydroxylation is 1. The Morgan fingerprint density at radius 3 is 2.81 bits per heavy atom. The summed E-state index contributed by atoms with van der Waals surface area (Å²) in [5.74, 6) is -0.728. The molecule has 1 aromatic rings. The molecule has 1 aliphatic heterocycles. The summed E-state index contributed by atoms with van der Waals surface area (Å²) in [6.07, 6.45) is 5.76. The second-order valence-corrected chi connectivity index (χ2v) is 4.18. The zero-order valence-corrected chi connectivity index (χ0v) is 9.26. The van der Waals surface area contributed by atoms with Crippen molar-refractivity contribution in [3.8, 4) is 0 Å². The SMILES string of the molecule is Cc1cc(F)c(/C=C/C2CCCN2)cc1F. The minimum Gasteiger partial charge on any atom is -0.311 e. The second-order valence-electron chi connectivity index (χ2n) is 4.18.